The van der Waals surface area contributed by atoms with Crippen molar-refractivity contribution < 1.29 is 14.0 Å². The van der Waals surface area contributed by atoms with Crippen LogP contribution < -0.4 is 10.2 Å². The van der Waals surface area contributed by atoms with Crippen molar-refractivity contribution in [3.05, 3.63) is 120 Å². The topological polar surface area (TPSA) is 32.6 Å². The molecule has 0 spiro atoms. The molecule has 1 aromatic heterocycles. The number of rotatable bonds is 3. The van der Waals surface area contributed by atoms with Crippen LogP contribution in [0.5, 0.6) is 5.75 Å². The number of benzene rings is 4. The molecule has 4 nitrogen and oxygen atoms in total. The van der Waals surface area contributed by atoms with Crippen molar-refractivity contribution in [3.63, 3.8) is 0 Å². The van der Waals surface area contributed by atoms with Crippen molar-refractivity contribution in [1.29, 1.82) is 0 Å². The second kappa shape index (κ2) is 8.72. The van der Waals surface area contributed by atoms with Gasteiger partial charge in [0.25, 0.3) is 0 Å². The van der Waals surface area contributed by atoms with E-state index in [1.165, 1.54) is 38.6 Å². The van der Waals surface area contributed by atoms with E-state index in [1.54, 1.807) is 0 Å². The smallest absolute Gasteiger partial charge is 0.460 e. The lowest BCUT2D eigenvalue weighted by Gasteiger charge is -2.32. The Kier molecular flexibility index (Phi) is 5.26. The van der Waals surface area contributed by atoms with E-state index in [4.69, 9.17) is 14.0 Å². The third kappa shape index (κ3) is 3.69. The highest BCUT2D eigenvalue weighted by Gasteiger charge is 2.52. The fourth-order valence-corrected chi connectivity index (χ4v) is 6.50. The molecule has 1 aliphatic carbocycles. The Morgan fingerprint density at radius 2 is 1.49 bits per heavy atom. The van der Waals surface area contributed by atoms with Gasteiger partial charge in [0.05, 0.1) is 22.2 Å². The van der Waals surface area contributed by atoms with E-state index in [0.29, 0.717) is 0 Å². The molecule has 0 N–H and O–H groups in total. The Labute approximate surface area is 241 Å². The van der Waals surface area contributed by atoms with Gasteiger partial charge >= 0.3 is 7.12 Å². The Hall–Kier alpha value is -4.06. The van der Waals surface area contributed by atoms with Gasteiger partial charge in [-0.1, -0.05) is 66.7 Å². The van der Waals surface area contributed by atoms with Crippen molar-refractivity contribution >= 4 is 40.0 Å². The summed E-state index contributed by atoms with van der Waals surface area (Å²) in [5.41, 5.74) is 7.39. The molecule has 1 unspecified atom stereocenters. The lowest BCUT2D eigenvalue weighted by Crippen LogP contribution is -2.41. The van der Waals surface area contributed by atoms with Crippen molar-refractivity contribution in [1.82, 2.24) is 4.57 Å². The first-order valence-corrected chi connectivity index (χ1v) is 14.5. The number of para-hydroxylation sites is 2. The number of allylic oxidation sites excluding steroid dienone is 4. The van der Waals surface area contributed by atoms with E-state index in [0.717, 1.165) is 29.0 Å². The van der Waals surface area contributed by atoms with Crippen LogP contribution >= 0.6 is 0 Å². The lowest BCUT2D eigenvalue weighted by molar-refractivity contribution is 0.00578. The van der Waals surface area contributed by atoms with E-state index < -0.39 is 0 Å². The minimum Gasteiger partial charge on any atom is -0.460 e. The van der Waals surface area contributed by atoms with Crippen molar-refractivity contribution in [3.8, 4) is 11.4 Å². The van der Waals surface area contributed by atoms with Gasteiger partial charge in [0.15, 0.2) is 0 Å². The number of ether oxygens (including phenoxy) is 1. The Morgan fingerprint density at radius 1 is 0.756 bits per heavy atom. The average molecular weight is 537 g/mol. The number of aromatic nitrogens is 1. The summed E-state index contributed by atoms with van der Waals surface area (Å²) in [6, 6.07) is 32.4. The Bertz CT molecular complexity index is 1900. The molecule has 2 aliphatic heterocycles. The van der Waals surface area contributed by atoms with Crippen molar-refractivity contribution in [2.24, 2.45) is 0 Å². The minimum atomic E-state index is -0.388. The van der Waals surface area contributed by atoms with Crippen LogP contribution in [0.1, 0.15) is 51.2 Å². The molecule has 1 saturated heterocycles. The van der Waals surface area contributed by atoms with Crippen LogP contribution in [0.15, 0.2) is 109 Å². The molecule has 0 saturated carbocycles. The first-order chi connectivity index (χ1) is 19.8. The monoisotopic (exact) mass is 537 g/mol. The zero-order chi connectivity index (χ0) is 27.9. The maximum atomic E-state index is 6.59. The highest BCUT2D eigenvalue weighted by molar-refractivity contribution is 6.62. The predicted octanol–water partition coefficient (Wildman–Crippen LogP) is 7.93. The highest BCUT2D eigenvalue weighted by Crippen LogP contribution is 2.48. The maximum Gasteiger partial charge on any atom is 0.494 e. The van der Waals surface area contributed by atoms with E-state index in [1.807, 2.05) is 0 Å². The molecule has 5 heteroatoms. The van der Waals surface area contributed by atoms with Gasteiger partial charge in [-0.05, 0) is 81.5 Å². The normalized spacial score (nSPS) is 20.5. The summed E-state index contributed by atoms with van der Waals surface area (Å²) in [7, 11) is -0.388. The quantitative estimate of drug-likeness (QED) is 0.219. The zero-order valence-electron chi connectivity index (χ0n) is 23.8. The average Bonchev–Trinajstić information content (AvgIpc) is 3.59. The third-order valence-corrected chi connectivity index (χ3v) is 9.39. The molecule has 1 fully saturated rings. The SMILES string of the molecule is CC1(C)OB(c2ccc3c(c2)C2CC=CC(c4ccc5c(c4)c4ccccc4n5-c4ccccc4)=C2O3)OC1(C)C. The van der Waals surface area contributed by atoms with Crippen LogP contribution in [-0.2, 0) is 9.31 Å². The molecule has 0 radical (unpaired) electrons. The minimum absolute atomic E-state index is 0.175. The summed E-state index contributed by atoms with van der Waals surface area (Å²) in [6.07, 6.45) is 5.42. The molecule has 1 atom stereocenters. The van der Waals surface area contributed by atoms with Crippen LogP contribution in [0.2, 0.25) is 0 Å². The molecule has 202 valence electrons. The van der Waals surface area contributed by atoms with Gasteiger partial charge in [0.2, 0.25) is 0 Å². The second-order valence-corrected chi connectivity index (χ2v) is 12.4. The first kappa shape index (κ1) is 24.7. The lowest BCUT2D eigenvalue weighted by atomic mass is 9.76. The summed E-state index contributed by atoms with van der Waals surface area (Å²) in [5.74, 6) is 2.13. The Morgan fingerprint density at radius 3 is 2.29 bits per heavy atom. The van der Waals surface area contributed by atoms with Crippen molar-refractivity contribution in [2.75, 3.05) is 0 Å². The van der Waals surface area contributed by atoms with Gasteiger partial charge in [-0.25, -0.2) is 0 Å². The highest BCUT2D eigenvalue weighted by atomic mass is 16.7. The third-order valence-electron chi connectivity index (χ3n) is 9.39. The van der Waals surface area contributed by atoms with Gasteiger partial charge in [-0.15, -0.1) is 0 Å². The van der Waals surface area contributed by atoms with Crippen LogP contribution in [0.25, 0.3) is 33.1 Å². The molecule has 3 aliphatic rings. The second-order valence-electron chi connectivity index (χ2n) is 12.4. The molecule has 3 heterocycles. The zero-order valence-corrected chi connectivity index (χ0v) is 23.8. The molecule has 8 rings (SSSR count). The number of nitrogens with zero attached hydrogens (tertiary/aromatic N) is 1. The largest absolute Gasteiger partial charge is 0.494 e. The van der Waals surface area contributed by atoms with Gasteiger partial charge in [-0.3, -0.25) is 0 Å². The summed E-state index contributed by atoms with van der Waals surface area (Å²) < 4.78 is 21.7. The fourth-order valence-electron chi connectivity index (χ4n) is 6.50. The number of fused-ring (bicyclic) bond motifs is 6. The summed E-state index contributed by atoms with van der Waals surface area (Å²) in [5, 5.41) is 2.49. The van der Waals surface area contributed by atoms with Gasteiger partial charge in [0, 0.05) is 33.5 Å². The van der Waals surface area contributed by atoms with E-state index in [-0.39, 0.29) is 24.2 Å². The molecular formula is C36H32BNO3. The molecule has 4 aromatic carbocycles. The maximum absolute atomic E-state index is 6.59. The standard InChI is InChI=1S/C36H32BNO3/c1-35(2)36(3,4)41-37(40-35)24-18-20-33-30(22-24)28-15-10-14-26(34(28)39-33)23-17-19-32-29(21-23)27-13-8-9-16-31(27)38(32)25-11-6-5-7-12-25/h5-14,16-22,28H,15H2,1-4H3. The fraction of sp³-hybridized carbons (Fsp3) is 0.222. The van der Waals surface area contributed by atoms with Crippen LogP contribution in [0, 0.1) is 0 Å². The molecule has 0 amide bonds. The van der Waals surface area contributed by atoms with E-state index >= 15 is 0 Å². The molecular weight excluding hydrogens is 505 g/mol. The van der Waals surface area contributed by atoms with Crippen LogP contribution in [0.4, 0.5) is 0 Å². The summed E-state index contributed by atoms with van der Waals surface area (Å²) in [4.78, 5) is 0. The predicted molar refractivity (Wildman–Crippen MR) is 167 cm³/mol. The molecule has 41 heavy (non-hydrogen) atoms. The van der Waals surface area contributed by atoms with Gasteiger partial charge < -0.3 is 18.6 Å². The summed E-state index contributed by atoms with van der Waals surface area (Å²) in [6.45, 7) is 8.38. The van der Waals surface area contributed by atoms with Crippen LogP contribution in [-0.4, -0.2) is 22.9 Å². The summed E-state index contributed by atoms with van der Waals surface area (Å²) >= 11 is 0. The van der Waals surface area contributed by atoms with E-state index in [2.05, 4.69) is 135 Å². The first-order valence-electron chi connectivity index (χ1n) is 14.5. The molecule has 0 bridgehead atoms. The van der Waals surface area contributed by atoms with Gasteiger partial charge in [-0.2, -0.15) is 0 Å². The molecule has 5 aromatic rings. The number of hydrogen-bond acceptors (Lipinski definition) is 3. The number of hydrogen-bond donors (Lipinski definition) is 0. The van der Waals surface area contributed by atoms with Crippen molar-refractivity contribution in [2.45, 2.75) is 51.2 Å². The van der Waals surface area contributed by atoms with Gasteiger partial charge in [0.1, 0.15) is 11.5 Å². The van der Waals surface area contributed by atoms with Crippen LogP contribution in [0.3, 0.4) is 0 Å². The Balaban J connectivity index is 1.21. The van der Waals surface area contributed by atoms with E-state index in [9.17, 15) is 0 Å².